The summed E-state index contributed by atoms with van der Waals surface area (Å²) in [6.45, 7) is 4.91. The van der Waals surface area contributed by atoms with E-state index in [1.165, 1.54) is 0 Å². The first-order valence-corrected chi connectivity index (χ1v) is 9.57. The summed E-state index contributed by atoms with van der Waals surface area (Å²) in [7, 11) is 1.67. The van der Waals surface area contributed by atoms with Gasteiger partial charge in [0.05, 0.1) is 12.3 Å². The second kappa shape index (κ2) is 7.83. The fraction of sp³-hybridized carbons (Fsp3) is 0.611. The van der Waals surface area contributed by atoms with Crippen LogP contribution >= 0.6 is 15.9 Å². The predicted molar refractivity (Wildman–Crippen MR) is 99.7 cm³/mol. The summed E-state index contributed by atoms with van der Waals surface area (Å²) in [6, 6.07) is 0.307. The first kappa shape index (κ1) is 18.3. The largest absolute Gasteiger partial charge is 0.383 e. The number of ether oxygens (including phenoxy) is 1. The maximum atomic E-state index is 12.0. The highest BCUT2D eigenvalue weighted by Gasteiger charge is 2.30. The average molecular weight is 409 g/mol. The highest BCUT2D eigenvalue weighted by Crippen LogP contribution is 2.36. The fourth-order valence-electron chi connectivity index (χ4n) is 3.89. The molecule has 7 heteroatoms. The van der Waals surface area contributed by atoms with Crippen molar-refractivity contribution in [2.24, 2.45) is 0 Å². The van der Waals surface area contributed by atoms with Crippen LogP contribution in [-0.4, -0.2) is 51.5 Å². The smallest absolute Gasteiger partial charge is 0.219 e. The minimum atomic E-state index is 0.135. The molecule has 2 heterocycles. The van der Waals surface area contributed by atoms with Crippen LogP contribution in [0.2, 0.25) is 0 Å². The third-order valence-electron chi connectivity index (χ3n) is 5.17. The van der Waals surface area contributed by atoms with E-state index < -0.39 is 0 Å². The number of nitrogens with zero attached hydrogens (tertiary/aromatic N) is 4. The van der Waals surface area contributed by atoms with Crippen LogP contribution in [0, 0.1) is 6.92 Å². The van der Waals surface area contributed by atoms with E-state index in [0.717, 1.165) is 47.3 Å². The van der Waals surface area contributed by atoms with Crippen molar-refractivity contribution >= 4 is 27.4 Å². The molecule has 0 aromatic carbocycles. The molecule has 0 saturated heterocycles. The minimum absolute atomic E-state index is 0.135. The Morgan fingerprint density at radius 2 is 2.12 bits per heavy atom. The zero-order valence-corrected chi connectivity index (χ0v) is 16.6. The van der Waals surface area contributed by atoms with Gasteiger partial charge in [0, 0.05) is 44.9 Å². The van der Waals surface area contributed by atoms with Crippen molar-refractivity contribution in [3.63, 3.8) is 0 Å². The summed E-state index contributed by atoms with van der Waals surface area (Å²) in [5, 5.41) is 0. The number of carbonyl (C=O) groups is 1. The summed E-state index contributed by atoms with van der Waals surface area (Å²) in [4.78, 5) is 23.1. The van der Waals surface area contributed by atoms with E-state index >= 15 is 0 Å². The molecule has 6 nitrogen and oxygen atoms in total. The Morgan fingerprint density at radius 3 is 2.76 bits per heavy atom. The Morgan fingerprint density at radius 1 is 1.40 bits per heavy atom. The Hall–Kier alpha value is -1.47. The number of halogens is 1. The normalized spacial score (nSPS) is 20.8. The highest BCUT2D eigenvalue weighted by molar-refractivity contribution is 9.10. The van der Waals surface area contributed by atoms with Gasteiger partial charge in [0.15, 0.2) is 0 Å². The molecule has 3 rings (SSSR count). The van der Waals surface area contributed by atoms with Crippen LogP contribution in [0.25, 0.3) is 5.52 Å². The molecule has 25 heavy (non-hydrogen) atoms. The van der Waals surface area contributed by atoms with Crippen LogP contribution in [0.4, 0.5) is 0 Å². The predicted octanol–water partition coefficient (Wildman–Crippen LogP) is 3.32. The molecule has 0 atom stereocenters. The van der Waals surface area contributed by atoms with Gasteiger partial charge in [-0.3, -0.25) is 14.2 Å². The van der Waals surface area contributed by atoms with Crippen LogP contribution in [-0.2, 0) is 9.53 Å². The maximum absolute atomic E-state index is 12.0. The van der Waals surface area contributed by atoms with Gasteiger partial charge in [-0.2, -0.15) is 0 Å². The lowest BCUT2D eigenvalue weighted by Gasteiger charge is -2.36. The van der Waals surface area contributed by atoms with E-state index in [4.69, 9.17) is 9.72 Å². The monoisotopic (exact) mass is 408 g/mol. The molecule has 1 aliphatic carbocycles. The number of hydrogen-bond acceptors (Lipinski definition) is 4. The zero-order valence-electron chi connectivity index (χ0n) is 15.0. The average Bonchev–Trinajstić information content (AvgIpc) is 2.94. The van der Waals surface area contributed by atoms with E-state index in [2.05, 4.69) is 25.3 Å². The van der Waals surface area contributed by atoms with E-state index in [1.54, 1.807) is 14.0 Å². The molecule has 0 N–H and O–H groups in total. The number of hydrogen-bond donors (Lipinski definition) is 0. The Balaban J connectivity index is 1.74. The third-order valence-corrected chi connectivity index (χ3v) is 5.72. The molecule has 0 aliphatic heterocycles. The summed E-state index contributed by atoms with van der Waals surface area (Å²) in [6.07, 6.45) is 7.90. The second-order valence-corrected chi connectivity index (χ2v) is 7.45. The number of amides is 1. The lowest BCUT2D eigenvalue weighted by Crippen LogP contribution is -2.42. The molecule has 136 valence electrons. The van der Waals surface area contributed by atoms with Gasteiger partial charge in [0.25, 0.3) is 0 Å². The highest BCUT2D eigenvalue weighted by atomic mass is 79.9. The van der Waals surface area contributed by atoms with Crippen LogP contribution in [0.5, 0.6) is 0 Å². The van der Waals surface area contributed by atoms with Crippen LogP contribution in [0.3, 0.4) is 0 Å². The molecule has 1 aliphatic rings. The molecule has 0 radical (unpaired) electrons. The van der Waals surface area contributed by atoms with Crippen LogP contribution in [0.15, 0.2) is 17.0 Å². The van der Waals surface area contributed by atoms with Gasteiger partial charge in [-0.1, -0.05) is 0 Å². The summed E-state index contributed by atoms with van der Waals surface area (Å²) < 4.78 is 8.17. The van der Waals surface area contributed by atoms with E-state index in [9.17, 15) is 4.79 Å². The first-order chi connectivity index (χ1) is 12.0. The molecule has 1 fully saturated rings. The Kier molecular flexibility index (Phi) is 5.74. The lowest BCUT2D eigenvalue weighted by atomic mass is 9.84. The first-order valence-electron chi connectivity index (χ1n) is 8.78. The molecule has 2 aromatic heterocycles. The minimum Gasteiger partial charge on any atom is -0.383 e. The standard InChI is InChI=1S/C18H25BrN4O2/c1-12-16-17(19)21-18(23(16)9-8-20-12)14-4-6-15(7-5-14)22(13(2)24)10-11-25-3/h8-9,14-15H,4-7,10-11H2,1-3H3. The van der Waals surface area contributed by atoms with Gasteiger partial charge in [0.2, 0.25) is 5.91 Å². The van der Waals surface area contributed by atoms with E-state index in [-0.39, 0.29) is 5.91 Å². The van der Waals surface area contributed by atoms with Crippen molar-refractivity contribution in [2.75, 3.05) is 20.3 Å². The molecule has 0 unspecified atom stereocenters. The number of fused-ring (bicyclic) bond motifs is 1. The van der Waals surface area contributed by atoms with Gasteiger partial charge in [0.1, 0.15) is 15.9 Å². The summed E-state index contributed by atoms with van der Waals surface area (Å²) >= 11 is 3.58. The maximum Gasteiger partial charge on any atom is 0.219 e. The van der Waals surface area contributed by atoms with Gasteiger partial charge in [-0.15, -0.1) is 0 Å². The topological polar surface area (TPSA) is 59.7 Å². The Bertz CT molecular complexity index is 753. The number of imidazole rings is 1. The number of aryl methyl sites for hydroxylation is 1. The zero-order chi connectivity index (χ0) is 18.0. The van der Waals surface area contributed by atoms with Crippen molar-refractivity contribution in [3.8, 4) is 0 Å². The number of rotatable bonds is 5. The molecular weight excluding hydrogens is 384 g/mol. The van der Waals surface area contributed by atoms with Crippen molar-refractivity contribution in [1.29, 1.82) is 0 Å². The Labute approximate surface area is 156 Å². The summed E-state index contributed by atoms with van der Waals surface area (Å²) in [5.41, 5.74) is 2.02. The van der Waals surface area contributed by atoms with Crippen molar-refractivity contribution < 1.29 is 9.53 Å². The quantitative estimate of drug-likeness (QED) is 0.760. The second-order valence-electron chi connectivity index (χ2n) is 6.70. The van der Waals surface area contributed by atoms with Crippen LogP contribution < -0.4 is 0 Å². The molecule has 1 saturated carbocycles. The van der Waals surface area contributed by atoms with Crippen LogP contribution in [0.1, 0.15) is 50.0 Å². The molecule has 0 spiro atoms. The SMILES string of the molecule is COCCN(C(C)=O)C1CCC(c2nc(Br)c3c(C)nccn23)CC1. The van der Waals surface area contributed by atoms with Gasteiger partial charge >= 0.3 is 0 Å². The van der Waals surface area contributed by atoms with Crippen molar-refractivity contribution in [2.45, 2.75) is 51.5 Å². The molecular formula is C18H25BrN4O2. The number of methoxy groups -OCH3 is 1. The van der Waals surface area contributed by atoms with E-state index in [0.29, 0.717) is 25.1 Å². The third kappa shape index (κ3) is 3.72. The number of carbonyl (C=O) groups excluding carboxylic acids is 1. The molecule has 0 bridgehead atoms. The van der Waals surface area contributed by atoms with Crippen molar-refractivity contribution in [3.05, 3.63) is 28.5 Å². The molecule has 2 aromatic rings. The lowest BCUT2D eigenvalue weighted by molar-refractivity contribution is -0.132. The summed E-state index contributed by atoms with van der Waals surface area (Å²) in [5.74, 6) is 1.64. The van der Waals surface area contributed by atoms with E-state index in [1.807, 2.05) is 24.2 Å². The van der Waals surface area contributed by atoms with Gasteiger partial charge < -0.3 is 9.64 Å². The number of aromatic nitrogens is 3. The van der Waals surface area contributed by atoms with Gasteiger partial charge in [-0.25, -0.2) is 4.98 Å². The fourth-order valence-corrected chi connectivity index (χ4v) is 4.55. The van der Waals surface area contributed by atoms with Gasteiger partial charge in [-0.05, 0) is 48.5 Å². The van der Waals surface area contributed by atoms with Crippen molar-refractivity contribution in [1.82, 2.24) is 19.3 Å². The molecule has 1 amide bonds.